The molecule has 1 amide bonds. The number of carbonyl (C=O) groups is 1. The van der Waals surface area contributed by atoms with Gasteiger partial charge in [0, 0.05) is 30.3 Å². The molecule has 6 nitrogen and oxygen atoms in total. The molecule has 6 heteroatoms. The number of benzene rings is 2. The van der Waals surface area contributed by atoms with E-state index in [2.05, 4.69) is 11.2 Å². The summed E-state index contributed by atoms with van der Waals surface area (Å²) in [5.41, 5.74) is 3.51. The van der Waals surface area contributed by atoms with Crippen LogP contribution < -0.4 is 10.3 Å². The van der Waals surface area contributed by atoms with Crippen molar-refractivity contribution in [3.63, 3.8) is 0 Å². The maximum atomic E-state index is 12.9. The quantitative estimate of drug-likeness (QED) is 0.703. The summed E-state index contributed by atoms with van der Waals surface area (Å²) in [4.78, 5) is 26.9. The van der Waals surface area contributed by atoms with Crippen LogP contribution in [0.4, 0.5) is 0 Å². The normalized spacial score (nSPS) is 13.1. The number of hydrogen-bond donors (Lipinski definition) is 0. The van der Waals surface area contributed by atoms with E-state index in [0.717, 1.165) is 23.3 Å². The van der Waals surface area contributed by atoms with E-state index in [1.165, 1.54) is 16.3 Å². The van der Waals surface area contributed by atoms with Gasteiger partial charge in [-0.1, -0.05) is 42.5 Å². The maximum Gasteiger partial charge on any atom is 0.267 e. The van der Waals surface area contributed by atoms with Crippen LogP contribution in [0.25, 0.3) is 11.3 Å². The van der Waals surface area contributed by atoms with Gasteiger partial charge in [-0.25, -0.2) is 4.68 Å². The van der Waals surface area contributed by atoms with Crippen molar-refractivity contribution in [2.24, 2.45) is 0 Å². The van der Waals surface area contributed by atoms with Crippen molar-refractivity contribution in [1.82, 2.24) is 14.7 Å². The number of carbonyl (C=O) groups excluding carboxylic acids is 1. The smallest absolute Gasteiger partial charge is 0.267 e. The lowest BCUT2D eigenvalue weighted by atomic mass is 9.99. The minimum absolute atomic E-state index is 0.0794. The fraction of sp³-hybridized carbons (Fsp3) is 0.227. The summed E-state index contributed by atoms with van der Waals surface area (Å²) in [6.07, 6.45) is 0.769. The average Bonchev–Trinajstić information content (AvgIpc) is 2.75. The van der Waals surface area contributed by atoms with Crippen molar-refractivity contribution < 1.29 is 9.53 Å². The molecule has 0 fully saturated rings. The van der Waals surface area contributed by atoms with E-state index >= 15 is 0 Å². The first-order chi connectivity index (χ1) is 13.7. The second kappa shape index (κ2) is 7.68. The predicted molar refractivity (Wildman–Crippen MR) is 106 cm³/mol. The minimum atomic E-state index is -0.289. The zero-order chi connectivity index (χ0) is 19.5. The van der Waals surface area contributed by atoms with Crippen molar-refractivity contribution in [2.75, 3.05) is 13.7 Å². The summed E-state index contributed by atoms with van der Waals surface area (Å²) >= 11 is 0. The Hall–Kier alpha value is -3.41. The summed E-state index contributed by atoms with van der Waals surface area (Å²) < 4.78 is 6.68. The van der Waals surface area contributed by atoms with E-state index in [0.29, 0.717) is 18.8 Å². The Morgan fingerprint density at radius 3 is 2.68 bits per heavy atom. The SMILES string of the molecule is COc1cccc2c1CN(C(=O)Cn1nc(-c3ccccc3)ccc1=O)CC2. The first-order valence-corrected chi connectivity index (χ1v) is 9.22. The van der Waals surface area contributed by atoms with Crippen LogP contribution in [0.5, 0.6) is 5.75 Å². The zero-order valence-corrected chi connectivity index (χ0v) is 15.7. The van der Waals surface area contributed by atoms with Crippen molar-refractivity contribution in [3.8, 4) is 17.0 Å². The minimum Gasteiger partial charge on any atom is -0.496 e. The molecule has 1 aromatic heterocycles. The molecule has 0 bridgehead atoms. The van der Waals surface area contributed by atoms with Crippen molar-refractivity contribution >= 4 is 5.91 Å². The number of methoxy groups -OCH3 is 1. The van der Waals surface area contributed by atoms with E-state index in [9.17, 15) is 9.59 Å². The van der Waals surface area contributed by atoms with Crippen molar-refractivity contribution in [2.45, 2.75) is 19.5 Å². The van der Waals surface area contributed by atoms with Crippen LogP contribution in [0.1, 0.15) is 11.1 Å². The zero-order valence-electron chi connectivity index (χ0n) is 15.7. The van der Waals surface area contributed by atoms with E-state index < -0.39 is 0 Å². The van der Waals surface area contributed by atoms with Crippen molar-refractivity contribution in [3.05, 3.63) is 82.1 Å². The highest BCUT2D eigenvalue weighted by Gasteiger charge is 2.23. The Kier molecular flexibility index (Phi) is 4.93. The van der Waals surface area contributed by atoms with Gasteiger partial charge in [0.15, 0.2) is 0 Å². The number of rotatable bonds is 4. The largest absolute Gasteiger partial charge is 0.496 e. The fourth-order valence-corrected chi connectivity index (χ4v) is 3.51. The lowest BCUT2D eigenvalue weighted by Gasteiger charge is -2.30. The van der Waals surface area contributed by atoms with Crippen LogP contribution in [0.3, 0.4) is 0 Å². The number of nitrogens with zero attached hydrogens (tertiary/aromatic N) is 3. The molecule has 0 spiro atoms. The molecular formula is C22H21N3O3. The molecular weight excluding hydrogens is 354 g/mol. The van der Waals surface area contributed by atoms with Gasteiger partial charge in [-0.15, -0.1) is 0 Å². The van der Waals surface area contributed by atoms with Crippen LogP contribution in [-0.2, 0) is 24.3 Å². The molecule has 4 rings (SSSR count). The molecule has 0 saturated heterocycles. The topological polar surface area (TPSA) is 64.4 Å². The van der Waals surface area contributed by atoms with Gasteiger partial charge < -0.3 is 9.64 Å². The molecule has 28 heavy (non-hydrogen) atoms. The van der Waals surface area contributed by atoms with E-state index in [4.69, 9.17) is 4.74 Å². The van der Waals surface area contributed by atoms with Crippen LogP contribution in [0, 0.1) is 0 Å². The summed E-state index contributed by atoms with van der Waals surface area (Å²) in [5, 5.41) is 4.39. The third-order valence-corrected chi connectivity index (χ3v) is 5.02. The molecule has 0 saturated carbocycles. The molecule has 1 aliphatic heterocycles. The molecule has 0 N–H and O–H groups in total. The summed E-state index contributed by atoms with van der Waals surface area (Å²) in [6, 6.07) is 18.7. The van der Waals surface area contributed by atoms with Gasteiger partial charge in [0.2, 0.25) is 5.91 Å². The lowest BCUT2D eigenvalue weighted by molar-refractivity contribution is -0.133. The Labute approximate surface area is 163 Å². The van der Waals surface area contributed by atoms with Crippen LogP contribution in [-0.4, -0.2) is 34.2 Å². The van der Waals surface area contributed by atoms with E-state index in [1.54, 1.807) is 18.1 Å². The summed E-state index contributed by atoms with van der Waals surface area (Å²) in [6.45, 7) is 1.02. The second-order valence-corrected chi connectivity index (χ2v) is 6.74. The monoisotopic (exact) mass is 375 g/mol. The van der Waals surface area contributed by atoms with Gasteiger partial charge in [-0.2, -0.15) is 5.10 Å². The van der Waals surface area contributed by atoms with E-state index in [1.807, 2.05) is 42.5 Å². The number of aromatic nitrogens is 2. The van der Waals surface area contributed by atoms with Gasteiger partial charge in [0.05, 0.1) is 12.8 Å². The molecule has 0 unspecified atom stereocenters. The molecule has 1 aliphatic rings. The molecule has 0 radical (unpaired) electrons. The molecule has 0 atom stereocenters. The standard InChI is InChI=1S/C22H21N3O3/c1-28-20-9-5-8-16-12-13-24(14-18(16)20)22(27)15-25-21(26)11-10-19(23-25)17-6-3-2-4-7-17/h2-11H,12-15H2,1H3. The maximum absolute atomic E-state index is 12.9. The third-order valence-electron chi connectivity index (χ3n) is 5.02. The van der Waals surface area contributed by atoms with Crippen LogP contribution in [0.2, 0.25) is 0 Å². The highest BCUT2D eigenvalue weighted by Crippen LogP contribution is 2.28. The molecule has 0 aliphatic carbocycles. The first kappa shape index (κ1) is 18.0. The number of hydrogen-bond acceptors (Lipinski definition) is 4. The molecule has 142 valence electrons. The Morgan fingerprint density at radius 1 is 1.07 bits per heavy atom. The van der Waals surface area contributed by atoms with Gasteiger partial charge in [0.25, 0.3) is 5.56 Å². The summed E-state index contributed by atoms with van der Waals surface area (Å²) in [7, 11) is 1.63. The highest BCUT2D eigenvalue weighted by molar-refractivity contribution is 5.76. The molecule has 2 heterocycles. The van der Waals surface area contributed by atoms with Gasteiger partial charge in [-0.3, -0.25) is 9.59 Å². The molecule has 3 aromatic rings. The Balaban J connectivity index is 1.55. The van der Waals surface area contributed by atoms with Gasteiger partial charge in [-0.05, 0) is 24.1 Å². The van der Waals surface area contributed by atoms with Crippen LogP contribution >= 0.6 is 0 Å². The number of fused-ring (bicyclic) bond motifs is 1. The second-order valence-electron chi connectivity index (χ2n) is 6.74. The van der Waals surface area contributed by atoms with E-state index in [-0.39, 0.29) is 18.0 Å². The highest BCUT2D eigenvalue weighted by atomic mass is 16.5. The molecule has 2 aromatic carbocycles. The average molecular weight is 375 g/mol. The predicted octanol–water partition coefficient (Wildman–Crippen LogP) is 2.50. The Bertz CT molecular complexity index is 1050. The fourth-order valence-electron chi connectivity index (χ4n) is 3.51. The number of ether oxygens (including phenoxy) is 1. The number of amides is 1. The lowest BCUT2D eigenvalue weighted by Crippen LogP contribution is -2.40. The summed E-state index contributed by atoms with van der Waals surface area (Å²) in [5.74, 6) is 0.660. The Morgan fingerprint density at radius 2 is 1.89 bits per heavy atom. The first-order valence-electron chi connectivity index (χ1n) is 9.22. The van der Waals surface area contributed by atoms with Crippen LogP contribution in [0.15, 0.2) is 65.5 Å². The van der Waals surface area contributed by atoms with Crippen molar-refractivity contribution in [1.29, 1.82) is 0 Å². The van der Waals surface area contributed by atoms with Gasteiger partial charge in [0.1, 0.15) is 12.3 Å². The van der Waals surface area contributed by atoms with Gasteiger partial charge >= 0.3 is 0 Å². The third kappa shape index (κ3) is 3.53.